The molecule has 1 aromatic rings. The molecule has 5 nitrogen and oxygen atoms in total. The van der Waals surface area contributed by atoms with Crippen molar-refractivity contribution in [1.29, 1.82) is 0 Å². The lowest BCUT2D eigenvalue weighted by molar-refractivity contribution is -0.137. The summed E-state index contributed by atoms with van der Waals surface area (Å²) in [5.41, 5.74) is -0.487. The van der Waals surface area contributed by atoms with Gasteiger partial charge in [0, 0.05) is 24.7 Å². The van der Waals surface area contributed by atoms with Crippen LogP contribution in [0, 0.1) is 5.92 Å². The van der Waals surface area contributed by atoms with Gasteiger partial charge in [-0.1, -0.05) is 6.92 Å². The summed E-state index contributed by atoms with van der Waals surface area (Å²) >= 11 is 0. The number of rotatable bonds is 5. The largest absolute Gasteiger partial charge is 0.416 e. The van der Waals surface area contributed by atoms with Gasteiger partial charge in [-0.2, -0.15) is 13.2 Å². The van der Waals surface area contributed by atoms with Gasteiger partial charge < -0.3 is 5.32 Å². The van der Waals surface area contributed by atoms with E-state index in [-0.39, 0.29) is 30.7 Å². The smallest absolute Gasteiger partial charge is 0.326 e. The number of sulfonamides is 1. The number of nitrogens with zero attached hydrogens (tertiary/aromatic N) is 1. The summed E-state index contributed by atoms with van der Waals surface area (Å²) in [6.07, 6.45) is -3.08. The Morgan fingerprint density at radius 3 is 2.24 bits per heavy atom. The zero-order valence-corrected chi connectivity index (χ0v) is 14.7. The summed E-state index contributed by atoms with van der Waals surface area (Å²) in [5.74, 6) is -0.558. The van der Waals surface area contributed by atoms with E-state index in [4.69, 9.17) is 0 Å². The first-order valence-electron chi connectivity index (χ1n) is 8.09. The summed E-state index contributed by atoms with van der Waals surface area (Å²) in [6.45, 7) is 2.36. The van der Waals surface area contributed by atoms with E-state index in [0.717, 1.165) is 12.1 Å². The summed E-state index contributed by atoms with van der Waals surface area (Å²) < 4.78 is 63.0. The maximum Gasteiger partial charge on any atom is 0.416 e. The second kappa shape index (κ2) is 7.74. The number of piperidine rings is 1. The van der Waals surface area contributed by atoms with Crippen molar-refractivity contribution in [2.75, 3.05) is 24.2 Å². The minimum absolute atomic E-state index is 0.0927. The number of hydrogen-bond donors (Lipinski definition) is 1. The van der Waals surface area contributed by atoms with Crippen molar-refractivity contribution in [3.8, 4) is 0 Å². The first-order valence-corrected chi connectivity index (χ1v) is 9.70. The van der Waals surface area contributed by atoms with E-state index in [1.165, 1.54) is 16.4 Å². The molecule has 1 amide bonds. The number of carbonyl (C=O) groups is 1. The third-order valence-corrected chi connectivity index (χ3v) is 6.24. The molecular formula is C16H21F3N2O3S. The molecule has 1 N–H and O–H groups in total. The van der Waals surface area contributed by atoms with Gasteiger partial charge in [0.1, 0.15) is 0 Å². The fourth-order valence-corrected chi connectivity index (χ4v) is 4.31. The van der Waals surface area contributed by atoms with E-state index >= 15 is 0 Å². The second-order valence-corrected chi connectivity index (χ2v) is 8.14. The molecular weight excluding hydrogens is 357 g/mol. The summed E-state index contributed by atoms with van der Waals surface area (Å²) in [5, 5.41) is 2.59. The third-order valence-electron chi connectivity index (χ3n) is 4.16. The van der Waals surface area contributed by atoms with Crippen molar-refractivity contribution < 1.29 is 26.4 Å². The molecule has 1 saturated heterocycles. The molecule has 25 heavy (non-hydrogen) atoms. The van der Waals surface area contributed by atoms with Gasteiger partial charge in [0.05, 0.1) is 11.3 Å². The first-order chi connectivity index (χ1) is 11.6. The highest BCUT2D eigenvalue weighted by molar-refractivity contribution is 7.89. The van der Waals surface area contributed by atoms with E-state index in [2.05, 4.69) is 5.32 Å². The van der Waals surface area contributed by atoms with Gasteiger partial charge in [0.2, 0.25) is 15.9 Å². The molecule has 0 aromatic heterocycles. The number of halogens is 3. The van der Waals surface area contributed by atoms with Gasteiger partial charge in [-0.3, -0.25) is 4.79 Å². The van der Waals surface area contributed by atoms with E-state index in [1.54, 1.807) is 6.92 Å². The van der Waals surface area contributed by atoms with Crippen molar-refractivity contribution in [1.82, 2.24) is 4.31 Å². The summed E-state index contributed by atoms with van der Waals surface area (Å²) in [7, 11) is -3.27. The standard InChI is InChI=1S/C16H21F3N2O3S/c1-2-11-25(23,24)21-9-7-12(8-10-21)15(22)20-14-5-3-13(4-6-14)16(17,18)19/h3-6,12H,2,7-11H2,1H3,(H,20,22). The third kappa shape index (κ3) is 5.18. The number of alkyl halides is 3. The van der Waals surface area contributed by atoms with Gasteiger partial charge in [-0.15, -0.1) is 0 Å². The highest BCUT2D eigenvalue weighted by Gasteiger charge is 2.31. The average Bonchev–Trinajstić information content (AvgIpc) is 2.54. The van der Waals surface area contributed by atoms with Crippen LogP contribution >= 0.6 is 0 Å². The minimum Gasteiger partial charge on any atom is -0.326 e. The molecule has 0 saturated carbocycles. The van der Waals surface area contributed by atoms with Crippen LogP contribution in [-0.2, 0) is 21.0 Å². The van der Waals surface area contributed by atoms with Crippen LogP contribution in [0.5, 0.6) is 0 Å². The van der Waals surface area contributed by atoms with Crippen molar-refractivity contribution >= 4 is 21.6 Å². The molecule has 1 heterocycles. The quantitative estimate of drug-likeness (QED) is 0.856. The fraction of sp³-hybridized carbons (Fsp3) is 0.562. The molecule has 0 bridgehead atoms. The Morgan fingerprint density at radius 1 is 1.20 bits per heavy atom. The van der Waals surface area contributed by atoms with Crippen molar-refractivity contribution in [3.05, 3.63) is 29.8 Å². The van der Waals surface area contributed by atoms with Crippen molar-refractivity contribution in [2.45, 2.75) is 32.4 Å². The van der Waals surface area contributed by atoms with Crippen molar-refractivity contribution in [3.63, 3.8) is 0 Å². The lowest BCUT2D eigenvalue weighted by Crippen LogP contribution is -2.42. The number of hydrogen-bond acceptors (Lipinski definition) is 3. The maximum atomic E-state index is 12.5. The van der Waals surface area contributed by atoms with Crippen LogP contribution < -0.4 is 5.32 Å². The fourth-order valence-electron chi connectivity index (χ4n) is 2.77. The molecule has 0 atom stereocenters. The number of carbonyl (C=O) groups excluding carboxylic acids is 1. The van der Waals surface area contributed by atoms with Crippen molar-refractivity contribution in [2.24, 2.45) is 5.92 Å². The van der Waals surface area contributed by atoms with Gasteiger partial charge >= 0.3 is 6.18 Å². The Hall–Kier alpha value is -1.61. The molecule has 1 aliphatic heterocycles. The Kier molecular flexibility index (Phi) is 6.10. The summed E-state index contributed by atoms with van der Waals surface area (Å²) in [6, 6.07) is 4.24. The van der Waals surface area contributed by atoms with E-state index in [9.17, 15) is 26.4 Å². The highest BCUT2D eigenvalue weighted by Crippen LogP contribution is 2.30. The SMILES string of the molecule is CCCS(=O)(=O)N1CCC(C(=O)Nc2ccc(C(F)(F)F)cc2)CC1. The van der Waals surface area contributed by atoms with Crippen LogP contribution in [0.1, 0.15) is 31.7 Å². The van der Waals surface area contributed by atoms with Gasteiger partial charge in [0.15, 0.2) is 0 Å². The molecule has 0 spiro atoms. The molecule has 9 heteroatoms. The van der Waals surface area contributed by atoms with Crippen LogP contribution in [-0.4, -0.2) is 37.5 Å². The molecule has 1 aromatic carbocycles. The molecule has 0 radical (unpaired) electrons. The van der Waals surface area contributed by atoms with Gasteiger partial charge in [-0.25, -0.2) is 12.7 Å². The lowest BCUT2D eigenvalue weighted by atomic mass is 9.97. The maximum absolute atomic E-state index is 12.5. The van der Waals surface area contributed by atoms with Crippen LogP contribution in [0.2, 0.25) is 0 Å². The molecule has 140 valence electrons. The monoisotopic (exact) mass is 378 g/mol. The number of anilines is 1. The van der Waals surface area contributed by atoms with Gasteiger partial charge in [0.25, 0.3) is 0 Å². The second-order valence-electron chi connectivity index (χ2n) is 6.05. The zero-order chi connectivity index (χ0) is 18.7. The number of benzene rings is 1. The lowest BCUT2D eigenvalue weighted by Gasteiger charge is -2.30. The Labute approximate surface area is 145 Å². The molecule has 1 aliphatic rings. The van der Waals surface area contributed by atoms with Crippen LogP contribution in [0.4, 0.5) is 18.9 Å². The van der Waals surface area contributed by atoms with Crippen LogP contribution in [0.15, 0.2) is 24.3 Å². The Bertz CT molecular complexity index is 694. The van der Waals surface area contributed by atoms with E-state index < -0.39 is 21.8 Å². The summed E-state index contributed by atoms with van der Waals surface area (Å²) in [4.78, 5) is 12.2. The zero-order valence-electron chi connectivity index (χ0n) is 13.8. The molecule has 0 aliphatic carbocycles. The topological polar surface area (TPSA) is 66.5 Å². The predicted octanol–water partition coefficient (Wildman–Crippen LogP) is 3.10. The van der Waals surface area contributed by atoms with Crippen LogP contribution in [0.3, 0.4) is 0 Å². The first kappa shape index (κ1) is 19.7. The number of amides is 1. The molecule has 2 rings (SSSR count). The van der Waals surface area contributed by atoms with E-state index in [0.29, 0.717) is 24.9 Å². The number of nitrogens with one attached hydrogen (secondary N) is 1. The normalized spacial score (nSPS) is 17.4. The average molecular weight is 378 g/mol. The predicted molar refractivity (Wildman–Crippen MR) is 88.4 cm³/mol. The highest BCUT2D eigenvalue weighted by atomic mass is 32.2. The molecule has 1 fully saturated rings. The van der Waals surface area contributed by atoms with Gasteiger partial charge in [-0.05, 0) is 43.5 Å². The Morgan fingerprint density at radius 2 is 1.76 bits per heavy atom. The molecule has 0 unspecified atom stereocenters. The minimum atomic E-state index is -4.42. The van der Waals surface area contributed by atoms with Crippen LogP contribution in [0.25, 0.3) is 0 Å². The Balaban J connectivity index is 1.91. The van der Waals surface area contributed by atoms with E-state index in [1.807, 2.05) is 0 Å².